The molecule has 0 fully saturated rings. The first-order valence-electron chi connectivity index (χ1n) is 3.34. The minimum absolute atomic E-state index is 0.707. The molecule has 1 nitrogen and oxygen atoms in total. The van der Waals surface area contributed by atoms with Gasteiger partial charge in [-0.25, -0.2) is 0 Å². The number of benzene rings is 1. The van der Waals surface area contributed by atoms with Crippen LogP contribution < -0.4 is 5.73 Å². The lowest BCUT2D eigenvalue weighted by Crippen LogP contribution is -1.87. The molecule has 1 heterocycles. The monoisotopic (exact) mass is 215 g/mol. The minimum Gasteiger partial charge on any atom is -0.397 e. The summed E-state index contributed by atoms with van der Waals surface area (Å²) < 4.78 is 1.03. The van der Waals surface area contributed by atoms with Crippen LogP contribution in [0.2, 0.25) is 5.02 Å². The van der Waals surface area contributed by atoms with Crippen molar-refractivity contribution in [2.45, 2.75) is 4.90 Å². The number of halogens is 1. The van der Waals surface area contributed by atoms with Gasteiger partial charge in [0, 0.05) is 10.3 Å². The van der Waals surface area contributed by atoms with Gasteiger partial charge in [-0.05, 0) is 17.5 Å². The van der Waals surface area contributed by atoms with E-state index in [0.29, 0.717) is 5.69 Å². The fraction of sp³-hybridized carbons (Fsp3) is 0. The molecule has 0 unspecified atom stereocenters. The maximum absolute atomic E-state index is 5.98. The van der Waals surface area contributed by atoms with Gasteiger partial charge in [-0.15, -0.1) is 24.0 Å². The molecule has 0 aliphatic heterocycles. The number of anilines is 1. The average Bonchev–Trinajstić information content (AvgIpc) is 2.48. The van der Waals surface area contributed by atoms with E-state index in [2.05, 4.69) is 12.6 Å². The van der Waals surface area contributed by atoms with Gasteiger partial charge in [0.1, 0.15) is 0 Å². The fourth-order valence-corrected chi connectivity index (χ4v) is 2.59. The Labute approximate surface area is 84.6 Å². The van der Waals surface area contributed by atoms with Crippen LogP contribution in [0.15, 0.2) is 22.4 Å². The molecule has 0 radical (unpaired) electrons. The lowest BCUT2D eigenvalue weighted by molar-refractivity contribution is 1.53. The number of rotatable bonds is 0. The summed E-state index contributed by atoms with van der Waals surface area (Å²) in [7, 11) is 0. The Morgan fingerprint density at radius 2 is 2.25 bits per heavy atom. The van der Waals surface area contributed by atoms with Gasteiger partial charge in [0.2, 0.25) is 0 Å². The Morgan fingerprint density at radius 1 is 1.50 bits per heavy atom. The third-order valence-corrected chi connectivity index (χ3v) is 3.44. The molecule has 2 rings (SSSR count). The Morgan fingerprint density at radius 3 is 3.00 bits per heavy atom. The van der Waals surface area contributed by atoms with Crippen molar-refractivity contribution in [2.24, 2.45) is 0 Å². The summed E-state index contributed by atoms with van der Waals surface area (Å²) >= 11 is 11.8. The standard InChI is InChI=1S/C8H6ClNS2/c9-5-3-6(11)7(10)4-1-2-12-8(4)5/h1-3,11H,10H2. The molecule has 0 amide bonds. The lowest BCUT2D eigenvalue weighted by Gasteiger charge is -2.01. The molecule has 0 spiro atoms. The molecule has 2 N–H and O–H groups in total. The second kappa shape index (κ2) is 2.83. The van der Waals surface area contributed by atoms with Crippen molar-refractivity contribution in [3.05, 3.63) is 22.5 Å². The van der Waals surface area contributed by atoms with Gasteiger partial charge in [-0.3, -0.25) is 0 Å². The molecule has 0 bridgehead atoms. The van der Waals surface area contributed by atoms with Crippen LogP contribution in [0, 0.1) is 0 Å². The summed E-state index contributed by atoms with van der Waals surface area (Å²) in [6, 6.07) is 3.74. The van der Waals surface area contributed by atoms with Gasteiger partial charge < -0.3 is 5.73 Å². The highest BCUT2D eigenvalue weighted by Crippen LogP contribution is 2.36. The number of thiophene rings is 1. The summed E-state index contributed by atoms with van der Waals surface area (Å²) in [6.45, 7) is 0. The topological polar surface area (TPSA) is 26.0 Å². The Hall–Kier alpha value is -0.380. The van der Waals surface area contributed by atoms with E-state index >= 15 is 0 Å². The average molecular weight is 216 g/mol. The summed E-state index contributed by atoms with van der Waals surface area (Å²) in [4.78, 5) is 0.742. The molecule has 4 heteroatoms. The summed E-state index contributed by atoms with van der Waals surface area (Å²) in [5.41, 5.74) is 6.51. The van der Waals surface area contributed by atoms with Crippen molar-refractivity contribution in [2.75, 3.05) is 5.73 Å². The van der Waals surface area contributed by atoms with Crippen LogP contribution in [0.25, 0.3) is 10.1 Å². The maximum atomic E-state index is 5.98. The van der Waals surface area contributed by atoms with E-state index in [1.165, 1.54) is 0 Å². The summed E-state index contributed by atoms with van der Waals surface area (Å²) in [5, 5.41) is 3.69. The van der Waals surface area contributed by atoms with Gasteiger partial charge in [-0.2, -0.15) is 0 Å². The largest absolute Gasteiger partial charge is 0.397 e. The van der Waals surface area contributed by atoms with Crippen molar-refractivity contribution in [1.82, 2.24) is 0 Å². The molecule has 1 aromatic carbocycles. The van der Waals surface area contributed by atoms with Crippen LogP contribution in [0.1, 0.15) is 0 Å². The first kappa shape index (κ1) is 8.23. The van der Waals surface area contributed by atoms with E-state index in [9.17, 15) is 0 Å². The predicted octanol–water partition coefficient (Wildman–Crippen LogP) is 3.43. The van der Waals surface area contributed by atoms with Crippen molar-refractivity contribution in [3.8, 4) is 0 Å². The summed E-state index contributed by atoms with van der Waals surface area (Å²) in [6.07, 6.45) is 0. The SMILES string of the molecule is Nc1c(S)cc(Cl)c2sccc12. The zero-order valence-corrected chi connectivity index (χ0v) is 8.51. The van der Waals surface area contributed by atoms with Gasteiger partial charge in [-0.1, -0.05) is 11.6 Å². The normalized spacial score (nSPS) is 10.8. The van der Waals surface area contributed by atoms with Gasteiger partial charge in [0.05, 0.1) is 15.4 Å². The van der Waals surface area contributed by atoms with Crippen molar-refractivity contribution >= 4 is 51.3 Å². The highest BCUT2D eigenvalue weighted by atomic mass is 35.5. The summed E-state index contributed by atoms with van der Waals surface area (Å²) in [5.74, 6) is 0. The van der Waals surface area contributed by atoms with Crippen LogP contribution in [0.3, 0.4) is 0 Å². The van der Waals surface area contributed by atoms with Crippen LogP contribution in [0.4, 0.5) is 5.69 Å². The Bertz CT molecular complexity index is 436. The number of hydrogen-bond acceptors (Lipinski definition) is 3. The van der Waals surface area contributed by atoms with E-state index in [0.717, 1.165) is 20.0 Å². The van der Waals surface area contributed by atoms with E-state index < -0.39 is 0 Å². The zero-order valence-electron chi connectivity index (χ0n) is 6.04. The zero-order chi connectivity index (χ0) is 8.72. The fourth-order valence-electron chi connectivity index (χ4n) is 1.11. The first-order valence-corrected chi connectivity index (χ1v) is 5.05. The molecule has 62 valence electrons. The highest BCUT2D eigenvalue weighted by Gasteiger charge is 2.06. The van der Waals surface area contributed by atoms with Crippen molar-refractivity contribution < 1.29 is 0 Å². The molecule has 0 saturated carbocycles. The number of nitrogen functional groups attached to an aromatic ring is 1. The minimum atomic E-state index is 0.707. The first-order chi connectivity index (χ1) is 5.70. The van der Waals surface area contributed by atoms with E-state index in [1.54, 1.807) is 17.4 Å². The van der Waals surface area contributed by atoms with Crippen LogP contribution in [-0.4, -0.2) is 0 Å². The Balaban J connectivity index is 2.97. The number of nitrogens with two attached hydrogens (primary N) is 1. The molecule has 12 heavy (non-hydrogen) atoms. The molecule has 0 aliphatic carbocycles. The third kappa shape index (κ3) is 1.09. The Kier molecular flexibility index (Phi) is 1.94. The second-order valence-electron chi connectivity index (χ2n) is 2.45. The van der Waals surface area contributed by atoms with Gasteiger partial charge >= 0.3 is 0 Å². The molecular formula is C8H6ClNS2. The van der Waals surface area contributed by atoms with Gasteiger partial charge in [0.25, 0.3) is 0 Å². The number of fused-ring (bicyclic) bond motifs is 1. The van der Waals surface area contributed by atoms with Crippen LogP contribution >= 0.6 is 35.6 Å². The molecule has 0 atom stereocenters. The lowest BCUT2D eigenvalue weighted by atomic mass is 10.2. The molecular weight excluding hydrogens is 210 g/mol. The third-order valence-electron chi connectivity index (χ3n) is 1.71. The second-order valence-corrected chi connectivity index (χ2v) is 4.26. The highest BCUT2D eigenvalue weighted by molar-refractivity contribution is 7.80. The molecule has 0 aliphatic rings. The van der Waals surface area contributed by atoms with E-state index in [-0.39, 0.29) is 0 Å². The van der Waals surface area contributed by atoms with E-state index in [4.69, 9.17) is 17.3 Å². The van der Waals surface area contributed by atoms with Crippen LogP contribution in [-0.2, 0) is 0 Å². The molecule has 0 saturated heterocycles. The van der Waals surface area contributed by atoms with Crippen LogP contribution in [0.5, 0.6) is 0 Å². The molecule has 1 aromatic heterocycles. The predicted molar refractivity (Wildman–Crippen MR) is 58.5 cm³/mol. The van der Waals surface area contributed by atoms with Crippen molar-refractivity contribution in [3.63, 3.8) is 0 Å². The number of hydrogen-bond donors (Lipinski definition) is 2. The number of thiol groups is 1. The van der Waals surface area contributed by atoms with E-state index in [1.807, 2.05) is 11.4 Å². The molecule has 2 aromatic rings. The van der Waals surface area contributed by atoms with Gasteiger partial charge in [0.15, 0.2) is 0 Å². The smallest absolute Gasteiger partial charge is 0.0596 e. The maximum Gasteiger partial charge on any atom is 0.0596 e. The van der Waals surface area contributed by atoms with Crippen molar-refractivity contribution in [1.29, 1.82) is 0 Å². The quantitative estimate of drug-likeness (QED) is 0.511.